The number of furan rings is 1. The average Bonchev–Trinajstić information content (AvgIpc) is 3.20. The van der Waals surface area contributed by atoms with Gasteiger partial charge in [-0.2, -0.15) is 5.10 Å². The zero-order valence-electron chi connectivity index (χ0n) is 14.1. The Labute approximate surface area is 144 Å². The van der Waals surface area contributed by atoms with E-state index in [1.54, 1.807) is 0 Å². The third-order valence-corrected chi connectivity index (χ3v) is 4.24. The van der Waals surface area contributed by atoms with Gasteiger partial charge < -0.3 is 9.52 Å². The second kappa shape index (κ2) is 7.04. The van der Waals surface area contributed by atoms with Gasteiger partial charge in [-0.05, 0) is 26.1 Å². The molecule has 8 nitrogen and oxygen atoms in total. The normalized spacial score (nSPS) is 14.1. The van der Waals surface area contributed by atoms with Crippen LogP contribution in [0.5, 0.6) is 0 Å². The van der Waals surface area contributed by atoms with Crippen molar-refractivity contribution in [1.82, 2.24) is 14.7 Å². The maximum atomic E-state index is 10.7. The highest BCUT2D eigenvalue weighted by atomic mass is 16.6. The molecule has 1 N–H and O–H groups in total. The molecule has 25 heavy (non-hydrogen) atoms. The van der Waals surface area contributed by atoms with E-state index in [2.05, 4.69) is 5.10 Å². The number of hydrogen-bond acceptors (Lipinski definition) is 6. The summed E-state index contributed by atoms with van der Waals surface area (Å²) in [6.45, 7) is 2.57. The van der Waals surface area contributed by atoms with E-state index in [1.165, 1.54) is 17.1 Å². The molecule has 2 atom stereocenters. The van der Waals surface area contributed by atoms with Crippen molar-refractivity contribution in [1.29, 1.82) is 0 Å². The molecule has 3 aromatic rings. The summed E-state index contributed by atoms with van der Waals surface area (Å²) >= 11 is 0. The predicted octanol–water partition coefficient (Wildman–Crippen LogP) is 2.59. The molecule has 2 heterocycles. The minimum Gasteiger partial charge on any atom is -0.459 e. The molecule has 0 aliphatic heterocycles. The fourth-order valence-corrected chi connectivity index (χ4v) is 2.74. The first-order valence-corrected chi connectivity index (χ1v) is 7.97. The van der Waals surface area contributed by atoms with Crippen molar-refractivity contribution >= 4 is 16.7 Å². The summed E-state index contributed by atoms with van der Waals surface area (Å²) < 4.78 is 7.24. The third-order valence-electron chi connectivity index (χ3n) is 4.24. The highest BCUT2D eigenvalue weighted by molar-refractivity contribution is 5.77. The zero-order valence-corrected chi connectivity index (χ0v) is 14.1. The van der Waals surface area contributed by atoms with E-state index in [0.29, 0.717) is 6.54 Å². The van der Waals surface area contributed by atoms with Gasteiger partial charge >= 0.3 is 5.69 Å². The molecule has 0 amide bonds. The number of rotatable bonds is 7. The first-order valence-electron chi connectivity index (χ1n) is 7.97. The lowest BCUT2D eigenvalue weighted by atomic mass is 10.2. The summed E-state index contributed by atoms with van der Waals surface area (Å²) in [7, 11) is 1.90. The highest BCUT2D eigenvalue weighted by Gasteiger charge is 2.20. The first kappa shape index (κ1) is 17.1. The second-order valence-corrected chi connectivity index (χ2v) is 6.13. The molecule has 0 aliphatic rings. The van der Waals surface area contributed by atoms with Crippen molar-refractivity contribution in [2.24, 2.45) is 0 Å². The van der Waals surface area contributed by atoms with Crippen LogP contribution in [0.15, 0.2) is 47.1 Å². The van der Waals surface area contributed by atoms with Gasteiger partial charge in [0.15, 0.2) is 0 Å². The molecule has 8 heteroatoms. The summed E-state index contributed by atoms with van der Waals surface area (Å²) in [5.41, 5.74) is 0.748. The predicted molar refractivity (Wildman–Crippen MR) is 92.1 cm³/mol. The van der Waals surface area contributed by atoms with Crippen LogP contribution in [0.1, 0.15) is 18.7 Å². The number of aliphatic hydroxyl groups excluding tert-OH is 1. The molecule has 3 rings (SSSR count). The Hall–Kier alpha value is -2.71. The van der Waals surface area contributed by atoms with Crippen LogP contribution in [-0.2, 0) is 6.54 Å². The number of nitro groups is 1. The third kappa shape index (κ3) is 3.86. The highest BCUT2D eigenvalue weighted by Crippen LogP contribution is 2.26. The maximum absolute atomic E-state index is 10.7. The van der Waals surface area contributed by atoms with Gasteiger partial charge in [-0.3, -0.25) is 19.7 Å². The monoisotopic (exact) mass is 344 g/mol. The Bertz CT molecular complexity index is 839. The fourth-order valence-electron chi connectivity index (χ4n) is 2.74. The molecule has 2 aromatic heterocycles. The Balaban J connectivity index is 1.61. The molecule has 132 valence electrons. The fraction of sp³-hybridized carbons (Fsp3) is 0.353. The van der Waals surface area contributed by atoms with Gasteiger partial charge in [0, 0.05) is 11.9 Å². The van der Waals surface area contributed by atoms with Crippen LogP contribution in [0.25, 0.3) is 11.0 Å². The van der Waals surface area contributed by atoms with Gasteiger partial charge in [0.1, 0.15) is 23.7 Å². The van der Waals surface area contributed by atoms with Gasteiger partial charge in [-0.25, -0.2) is 0 Å². The SMILES string of the molecule is CC(c1cc2ccccc2o1)N(C)CC(O)Cn1cc([N+](=O)[O-])cn1. The van der Waals surface area contributed by atoms with E-state index >= 15 is 0 Å². The molecule has 0 spiro atoms. The van der Waals surface area contributed by atoms with Crippen molar-refractivity contribution in [2.75, 3.05) is 13.6 Å². The van der Waals surface area contributed by atoms with Gasteiger partial charge in [-0.1, -0.05) is 18.2 Å². The molecule has 0 fully saturated rings. The largest absolute Gasteiger partial charge is 0.459 e. The van der Waals surface area contributed by atoms with Crippen LogP contribution >= 0.6 is 0 Å². The van der Waals surface area contributed by atoms with Crippen LogP contribution in [0.4, 0.5) is 5.69 Å². The lowest BCUT2D eigenvalue weighted by Crippen LogP contribution is -2.33. The molecule has 0 saturated heterocycles. The minimum atomic E-state index is -0.712. The number of benzene rings is 1. The van der Waals surface area contributed by atoms with Crippen molar-refractivity contribution in [3.8, 4) is 0 Å². The quantitative estimate of drug-likeness (QED) is 0.522. The van der Waals surface area contributed by atoms with E-state index in [9.17, 15) is 15.2 Å². The Morgan fingerprint density at radius 1 is 1.44 bits per heavy atom. The van der Waals surface area contributed by atoms with Crippen molar-refractivity contribution in [3.63, 3.8) is 0 Å². The lowest BCUT2D eigenvalue weighted by molar-refractivity contribution is -0.385. The number of likely N-dealkylation sites (N-methyl/N-ethyl adjacent to an activating group) is 1. The van der Waals surface area contributed by atoms with E-state index in [1.807, 2.05) is 49.2 Å². The molecule has 0 bridgehead atoms. The van der Waals surface area contributed by atoms with Crippen molar-refractivity contribution < 1.29 is 14.4 Å². The van der Waals surface area contributed by atoms with E-state index in [-0.39, 0.29) is 18.3 Å². The van der Waals surface area contributed by atoms with Crippen LogP contribution in [0.3, 0.4) is 0 Å². The van der Waals surface area contributed by atoms with E-state index < -0.39 is 11.0 Å². The number of para-hydroxylation sites is 1. The Kier molecular flexibility index (Phi) is 4.82. The number of hydrogen-bond donors (Lipinski definition) is 1. The topological polar surface area (TPSA) is 97.6 Å². The summed E-state index contributed by atoms with van der Waals surface area (Å²) in [6, 6.07) is 9.79. The Morgan fingerprint density at radius 2 is 2.20 bits per heavy atom. The van der Waals surface area contributed by atoms with Gasteiger partial charge in [0.05, 0.1) is 23.6 Å². The molecule has 0 saturated carbocycles. The van der Waals surface area contributed by atoms with Gasteiger partial charge in [0.25, 0.3) is 0 Å². The van der Waals surface area contributed by atoms with Gasteiger partial charge in [0.2, 0.25) is 0 Å². The molecule has 2 unspecified atom stereocenters. The molecule has 0 radical (unpaired) electrons. The average molecular weight is 344 g/mol. The maximum Gasteiger partial charge on any atom is 0.306 e. The van der Waals surface area contributed by atoms with Crippen LogP contribution in [0, 0.1) is 10.1 Å². The summed E-state index contributed by atoms with van der Waals surface area (Å²) in [5, 5.41) is 25.9. The summed E-state index contributed by atoms with van der Waals surface area (Å²) in [6.07, 6.45) is 1.77. The minimum absolute atomic E-state index is 0.0194. The standard InChI is InChI=1S/C17H20N4O4/c1-12(17-7-13-5-3-4-6-16(13)25-17)19(2)10-15(22)11-20-9-14(8-18-20)21(23)24/h3-9,12,15,22H,10-11H2,1-2H3. The number of aromatic nitrogens is 2. The van der Waals surface area contributed by atoms with E-state index in [0.717, 1.165) is 16.7 Å². The molecule has 1 aromatic carbocycles. The van der Waals surface area contributed by atoms with E-state index in [4.69, 9.17) is 4.42 Å². The summed E-state index contributed by atoms with van der Waals surface area (Å²) in [4.78, 5) is 12.1. The van der Waals surface area contributed by atoms with Crippen molar-refractivity contribution in [2.45, 2.75) is 25.6 Å². The zero-order chi connectivity index (χ0) is 18.0. The van der Waals surface area contributed by atoms with Crippen LogP contribution < -0.4 is 0 Å². The second-order valence-electron chi connectivity index (χ2n) is 6.13. The Morgan fingerprint density at radius 3 is 2.88 bits per heavy atom. The van der Waals surface area contributed by atoms with Crippen LogP contribution in [0.2, 0.25) is 0 Å². The summed E-state index contributed by atoms with van der Waals surface area (Å²) in [5.74, 6) is 0.825. The smallest absolute Gasteiger partial charge is 0.306 e. The molecule has 0 aliphatic carbocycles. The van der Waals surface area contributed by atoms with Crippen LogP contribution in [-0.4, -0.2) is 44.4 Å². The number of fused-ring (bicyclic) bond motifs is 1. The van der Waals surface area contributed by atoms with Gasteiger partial charge in [-0.15, -0.1) is 0 Å². The lowest BCUT2D eigenvalue weighted by Gasteiger charge is -2.25. The molecular formula is C17H20N4O4. The number of nitrogens with zero attached hydrogens (tertiary/aromatic N) is 4. The number of aliphatic hydroxyl groups is 1. The first-order chi connectivity index (χ1) is 11.9. The molecular weight excluding hydrogens is 324 g/mol. The van der Waals surface area contributed by atoms with Crippen molar-refractivity contribution in [3.05, 3.63) is 58.6 Å².